The van der Waals surface area contributed by atoms with E-state index >= 15 is 0 Å². The topological polar surface area (TPSA) is 131 Å². The van der Waals surface area contributed by atoms with Crippen molar-refractivity contribution in [2.45, 2.75) is 20.0 Å². The van der Waals surface area contributed by atoms with Gasteiger partial charge in [-0.25, -0.2) is 28.0 Å². The standard InChI is InChI=1S/C19H15N2O2.ClHO4/c1-2-20-18-13-8-4-3-7-12(13)11-21(18)16-14-9-5-6-10-15(14)23-17(16)19(20)22;2-1(3,4)5/h3-10H,2,11H2,1H3;(H,2,3,4,5)/q+1;/p-1. The first kappa shape index (κ1) is 18.6. The highest BCUT2D eigenvalue weighted by atomic mass is 35.7. The molecule has 28 heavy (non-hydrogen) atoms. The van der Waals surface area contributed by atoms with Crippen molar-refractivity contribution in [1.29, 1.82) is 0 Å². The predicted molar refractivity (Wildman–Crippen MR) is 88.4 cm³/mol. The van der Waals surface area contributed by atoms with E-state index in [1.165, 1.54) is 5.56 Å². The first-order chi connectivity index (χ1) is 13.3. The molecule has 0 spiro atoms. The molecule has 0 saturated carbocycles. The summed E-state index contributed by atoms with van der Waals surface area (Å²) in [6.07, 6.45) is 0. The maximum atomic E-state index is 13.0. The van der Waals surface area contributed by atoms with Gasteiger partial charge in [-0.2, -0.15) is 4.57 Å². The lowest BCUT2D eigenvalue weighted by molar-refractivity contribution is -2.00. The van der Waals surface area contributed by atoms with Gasteiger partial charge >= 0.3 is 5.56 Å². The summed E-state index contributed by atoms with van der Waals surface area (Å²) in [4.78, 5) is 13.0. The van der Waals surface area contributed by atoms with Crippen molar-refractivity contribution >= 4 is 22.1 Å². The quantitative estimate of drug-likeness (QED) is 0.308. The van der Waals surface area contributed by atoms with Crippen molar-refractivity contribution in [3.8, 4) is 11.4 Å². The summed E-state index contributed by atoms with van der Waals surface area (Å²) in [6.45, 7) is 3.39. The van der Waals surface area contributed by atoms with Gasteiger partial charge in [-0.15, -0.1) is 10.2 Å². The number of fused-ring (bicyclic) bond motifs is 7. The number of benzene rings is 2. The summed E-state index contributed by atoms with van der Waals surface area (Å²) < 4.78 is 43.9. The summed E-state index contributed by atoms with van der Waals surface area (Å²) in [5, 5.41) is 0.997. The van der Waals surface area contributed by atoms with Gasteiger partial charge in [0.1, 0.15) is 12.1 Å². The van der Waals surface area contributed by atoms with E-state index in [-0.39, 0.29) is 5.56 Å². The van der Waals surface area contributed by atoms with E-state index in [0.717, 1.165) is 34.4 Å². The van der Waals surface area contributed by atoms with Crippen molar-refractivity contribution in [1.82, 2.24) is 4.57 Å². The third-order valence-corrected chi connectivity index (χ3v) is 4.69. The van der Waals surface area contributed by atoms with Crippen LogP contribution in [-0.4, -0.2) is 4.57 Å². The lowest BCUT2D eigenvalue weighted by atomic mass is 10.1. The molecular weight excluding hydrogens is 388 g/mol. The van der Waals surface area contributed by atoms with Gasteiger partial charge in [-0.05, 0) is 25.1 Å². The van der Waals surface area contributed by atoms with Gasteiger partial charge in [0, 0.05) is 5.56 Å². The van der Waals surface area contributed by atoms with Gasteiger partial charge < -0.3 is 4.42 Å². The average Bonchev–Trinajstić information content (AvgIpc) is 3.20. The second-order valence-corrected chi connectivity index (χ2v) is 7.03. The van der Waals surface area contributed by atoms with E-state index in [1.807, 2.05) is 47.9 Å². The minimum Gasteiger partial charge on any atom is -0.445 e. The fourth-order valence-electron chi connectivity index (χ4n) is 3.70. The molecule has 8 nitrogen and oxygen atoms in total. The zero-order valence-electron chi connectivity index (χ0n) is 14.8. The van der Waals surface area contributed by atoms with Crippen molar-refractivity contribution in [3.05, 3.63) is 64.4 Å². The van der Waals surface area contributed by atoms with E-state index in [9.17, 15) is 4.79 Å². The maximum Gasteiger partial charge on any atom is 0.381 e. The van der Waals surface area contributed by atoms with Gasteiger partial charge in [0.25, 0.3) is 11.4 Å². The summed E-state index contributed by atoms with van der Waals surface area (Å²) in [6, 6.07) is 16.1. The number of rotatable bonds is 1. The van der Waals surface area contributed by atoms with E-state index in [1.54, 1.807) is 0 Å². The molecule has 0 amide bonds. The zero-order chi connectivity index (χ0) is 20.1. The average molecular weight is 403 g/mol. The molecular formula is C19H15ClN2O6. The first-order valence-electron chi connectivity index (χ1n) is 8.47. The Morgan fingerprint density at radius 1 is 1.07 bits per heavy atom. The minimum absolute atomic E-state index is 0.0540. The Bertz CT molecular complexity index is 1250. The van der Waals surface area contributed by atoms with Crippen LogP contribution in [0.4, 0.5) is 0 Å². The van der Waals surface area contributed by atoms with E-state index in [4.69, 9.17) is 23.1 Å². The van der Waals surface area contributed by atoms with Crippen LogP contribution in [0, 0.1) is 10.2 Å². The number of aromatic nitrogens is 2. The lowest BCUT2D eigenvalue weighted by Crippen LogP contribution is -2.68. The highest BCUT2D eigenvalue weighted by molar-refractivity contribution is 6.00. The van der Waals surface area contributed by atoms with Crippen LogP contribution < -0.4 is 28.8 Å². The Morgan fingerprint density at radius 3 is 2.43 bits per heavy atom. The molecule has 2 aromatic heterocycles. The second kappa shape index (κ2) is 6.69. The van der Waals surface area contributed by atoms with Crippen LogP contribution in [0.1, 0.15) is 12.5 Å². The fourth-order valence-corrected chi connectivity index (χ4v) is 3.70. The van der Waals surface area contributed by atoms with Crippen molar-refractivity contribution in [2.24, 2.45) is 0 Å². The highest BCUT2D eigenvalue weighted by Gasteiger charge is 2.34. The number of hydrogen-bond donors (Lipinski definition) is 0. The summed E-state index contributed by atoms with van der Waals surface area (Å²) >= 11 is 0. The molecule has 0 fully saturated rings. The number of nitrogens with zero attached hydrogens (tertiary/aromatic N) is 2. The molecule has 4 aromatic rings. The third-order valence-electron chi connectivity index (χ3n) is 4.69. The van der Waals surface area contributed by atoms with E-state index in [0.29, 0.717) is 12.1 Å². The number of furan rings is 1. The molecule has 144 valence electrons. The number of halogens is 1. The SMILES string of the molecule is CCn1c2[n+](c3c(oc4ccccc43)c1=O)Cc1ccccc1-2.[O-][Cl+3]([O-])([O-])[O-]. The summed E-state index contributed by atoms with van der Waals surface area (Å²) in [5.74, 6) is 0.979. The van der Waals surface area contributed by atoms with Crippen LogP contribution in [0.25, 0.3) is 33.5 Å². The number of para-hydroxylation sites is 1. The molecule has 9 heteroatoms. The molecule has 0 N–H and O–H groups in total. The Kier molecular flexibility index (Phi) is 4.45. The van der Waals surface area contributed by atoms with Crippen LogP contribution in [0.2, 0.25) is 0 Å². The molecule has 0 bridgehead atoms. The largest absolute Gasteiger partial charge is 0.445 e. The zero-order valence-corrected chi connectivity index (χ0v) is 15.5. The van der Waals surface area contributed by atoms with Crippen LogP contribution in [0.3, 0.4) is 0 Å². The molecule has 0 saturated heterocycles. The van der Waals surface area contributed by atoms with Crippen molar-refractivity contribution in [3.63, 3.8) is 0 Å². The Labute approximate surface area is 160 Å². The smallest absolute Gasteiger partial charge is 0.381 e. The van der Waals surface area contributed by atoms with E-state index in [2.05, 4.69) is 16.7 Å². The molecule has 0 aliphatic carbocycles. The molecule has 3 heterocycles. The first-order valence-corrected chi connectivity index (χ1v) is 9.71. The van der Waals surface area contributed by atoms with Gasteiger partial charge in [0.2, 0.25) is 0 Å². The van der Waals surface area contributed by atoms with Gasteiger partial charge in [-0.1, -0.05) is 30.3 Å². The molecule has 0 radical (unpaired) electrons. The molecule has 2 aromatic carbocycles. The van der Waals surface area contributed by atoms with E-state index < -0.39 is 10.2 Å². The lowest BCUT2D eigenvalue weighted by Gasteiger charge is -2.17. The van der Waals surface area contributed by atoms with Gasteiger partial charge in [0.15, 0.2) is 5.52 Å². The molecule has 5 rings (SSSR count). The molecule has 1 aliphatic rings. The Hall–Kier alpha value is -2.75. The monoisotopic (exact) mass is 402 g/mol. The fraction of sp³-hybridized carbons (Fsp3) is 0.158. The summed E-state index contributed by atoms with van der Waals surface area (Å²) in [7, 11) is -4.94. The van der Waals surface area contributed by atoms with Gasteiger partial charge in [-0.3, -0.25) is 0 Å². The molecule has 1 aliphatic heterocycles. The van der Waals surface area contributed by atoms with Gasteiger partial charge in [0.05, 0.1) is 17.5 Å². The number of hydrogen-bond acceptors (Lipinski definition) is 6. The Balaban J connectivity index is 0.000000346. The maximum absolute atomic E-state index is 13.0. The Morgan fingerprint density at radius 2 is 1.71 bits per heavy atom. The molecule has 0 atom stereocenters. The predicted octanol–water partition coefficient (Wildman–Crippen LogP) is -1.67. The van der Waals surface area contributed by atoms with Crippen molar-refractivity contribution < 1.29 is 37.9 Å². The van der Waals surface area contributed by atoms with Crippen molar-refractivity contribution in [2.75, 3.05) is 0 Å². The normalized spacial score (nSPS) is 12.6. The minimum atomic E-state index is -4.94. The highest BCUT2D eigenvalue weighted by Crippen LogP contribution is 2.31. The second-order valence-electron chi connectivity index (χ2n) is 6.27. The van der Waals surface area contributed by atoms with Crippen LogP contribution in [0.15, 0.2) is 57.7 Å². The van der Waals surface area contributed by atoms with Crippen LogP contribution >= 0.6 is 0 Å². The molecule has 0 unspecified atom stereocenters. The summed E-state index contributed by atoms with van der Waals surface area (Å²) in [5.41, 5.74) is 4.44. The van der Waals surface area contributed by atoms with Crippen LogP contribution in [0.5, 0.6) is 0 Å². The third kappa shape index (κ3) is 3.07. The van der Waals surface area contributed by atoms with Crippen LogP contribution in [-0.2, 0) is 13.1 Å².